The Morgan fingerprint density at radius 3 is 2.60 bits per heavy atom. The normalized spacial score (nSPS) is 22.4. The Balaban J connectivity index is 2.37. The lowest BCUT2D eigenvalue weighted by molar-refractivity contribution is 0.118. The Labute approximate surface area is 61.5 Å². The van der Waals surface area contributed by atoms with Crippen LogP contribution in [-0.4, -0.2) is 24.4 Å². The summed E-state index contributed by atoms with van der Waals surface area (Å²) in [6.45, 7) is 3.42. The van der Waals surface area contributed by atoms with Gasteiger partial charge in [-0.05, 0) is 19.8 Å². The summed E-state index contributed by atoms with van der Waals surface area (Å²) < 4.78 is 5.16. The zero-order valence-corrected chi connectivity index (χ0v) is 6.34. The fourth-order valence-corrected chi connectivity index (χ4v) is 1.14. The first-order chi connectivity index (χ1) is 4.79. The lowest BCUT2D eigenvalue weighted by Crippen LogP contribution is -2.09. The van der Waals surface area contributed by atoms with E-state index >= 15 is 0 Å². The summed E-state index contributed by atoms with van der Waals surface area (Å²) in [4.78, 5) is 0. The molecule has 1 aliphatic heterocycles. The standard InChI is InChI=1S/C8H14O2/c1-7(9)6-8-2-4-10-5-3-8/h6-7,9H,2-5H2,1H3. The van der Waals surface area contributed by atoms with Crippen molar-refractivity contribution in [3.63, 3.8) is 0 Å². The van der Waals surface area contributed by atoms with Gasteiger partial charge in [-0.1, -0.05) is 11.6 Å². The fourth-order valence-electron chi connectivity index (χ4n) is 1.14. The Morgan fingerprint density at radius 2 is 2.10 bits per heavy atom. The van der Waals surface area contributed by atoms with Gasteiger partial charge in [-0.25, -0.2) is 0 Å². The van der Waals surface area contributed by atoms with E-state index in [2.05, 4.69) is 0 Å². The molecule has 1 N–H and O–H groups in total. The van der Waals surface area contributed by atoms with Crippen LogP contribution in [0.25, 0.3) is 0 Å². The summed E-state index contributed by atoms with van der Waals surface area (Å²) in [5.74, 6) is 0. The Hall–Kier alpha value is -0.340. The van der Waals surface area contributed by atoms with E-state index in [1.165, 1.54) is 5.57 Å². The van der Waals surface area contributed by atoms with Crippen LogP contribution in [0.2, 0.25) is 0 Å². The molecule has 1 saturated heterocycles. The van der Waals surface area contributed by atoms with Gasteiger partial charge in [0.25, 0.3) is 0 Å². The van der Waals surface area contributed by atoms with E-state index in [9.17, 15) is 0 Å². The van der Waals surface area contributed by atoms with Crippen molar-refractivity contribution in [2.75, 3.05) is 13.2 Å². The molecule has 1 fully saturated rings. The third-order valence-electron chi connectivity index (χ3n) is 1.61. The van der Waals surface area contributed by atoms with Crippen molar-refractivity contribution in [1.29, 1.82) is 0 Å². The first-order valence-electron chi connectivity index (χ1n) is 3.74. The zero-order valence-electron chi connectivity index (χ0n) is 6.34. The van der Waals surface area contributed by atoms with Gasteiger partial charge >= 0.3 is 0 Å². The molecule has 58 valence electrons. The van der Waals surface area contributed by atoms with Gasteiger partial charge < -0.3 is 9.84 Å². The Bertz CT molecular complexity index is 119. The maximum Gasteiger partial charge on any atom is 0.0695 e. The molecule has 0 bridgehead atoms. The molecule has 1 rings (SSSR count). The van der Waals surface area contributed by atoms with E-state index in [-0.39, 0.29) is 6.10 Å². The summed E-state index contributed by atoms with van der Waals surface area (Å²) >= 11 is 0. The first kappa shape index (κ1) is 7.76. The van der Waals surface area contributed by atoms with Gasteiger partial charge in [-0.15, -0.1) is 0 Å². The zero-order chi connectivity index (χ0) is 7.40. The molecular formula is C8H14O2. The van der Waals surface area contributed by atoms with Crippen LogP contribution in [0, 0.1) is 0 Å². The monoisotopic (exact) mass is 142 g/mol. The van der Waals surface area contributed by atoms with Crippen LogP contribution in [0.3, 0.4) is 0 Å². The second kappa shape index (κ2) is 3.74. The first-order valence-corrected chi connectivity index (χ1v) is 3.74. The molecule has 1 aliphatic rings. The smallest absolute Gasteiger partial charge is 0.0695 e. The van der Waals surface area contributed by atoms with E-state index in [4.69, 9.17) is 9.84 Å². The van der Waals surface area contributed by atoms with Crippen molar-refractivity contribution in [3.8, 4) is 0 Å². The minimum Gasteiger partial charge on any atom is -0.389 e. The number of aliphatic hydroxyl groups is 1. The summed E-state index contributed by atoms with van der Waals surface area (Å²) in [5.41, 5.74) is 1.33. The summed E-state index contributed by atoms with van der Waals surface area (Å²) in [6.07, 6.45) is 3.60. The molecular weight excluding hydrogens is 128 g/mol. The van der Waals surface area contributed by atoms with Crippen LogP contribution in [-0.2, 0) is 4.74 Å². The van der Waals surface area contributed by atoms with Crippen LogP contribution in [0.5, 0.6) is 0 Å². The van der Waals surface area contributed by atoms with Gasteiger partial charge in [0.1, 0.15) is 0 Å². The van der Waals surface area contributed by atoms with E-state index < -0.39 is 0 Å². The van der Waals surface area contributed by atoms with Crippen LogP contribution in [0.15, 0.2) is 11.6 Å². The molecule has 1 atom stereocenters. The minimum atomic E-state index is -0.298. The molecule has 1 heterocycles. The molecule has 2 nitrogen and oxygen atoms in total. The van der Waals surface area contributed by atoms with Crippen LogP contribution < -0.4 is 0 Å². The highest BCUT2D eigenvalue weighted by Gasteiger charge is 2.05. The van der Waals surface area contributed by atoms with Gasteiger partial charge in [0.05, 0.1) is 19.3 Å². The van der Waals surface area contributed by atoms with Crippen molar-refractivity contribution in [2.45, 2.75) is 25.9 Å². The van der Waals surface area contributed by atoms with E-state index in [0.717, 1.165) is 26.1 Å². The van der Waals surface area contributed by atoms with Crippen LogP contribution in [0.1, 0.15) is 19.8 Å². The van der Waals surface area contributed by atoms with Crippen LogP contribution in [0.4, 0.5) is 0 Å². The third kappa shape index (κ3) is 2.50. The predicted octanol–water partition coefficient (Wildman–Crippen LogP) is 1.10. The molecule has 2 heteroatoms. The lowest BCUT2D eigenvalue weighted by atomic mass is 10.1. The van der Waals surface area contributed by atoms with Gasteiger partial charge in [0.15, 0.2) is 0 Å². The number of hydrogen-bond donors (Lipinski definition) is 1. The number of aliphatic hydroxyl groups excluding tert-OH is 1. The summed E-state index contributed by atoms with van der Waals surface area (Å²) in [5, 5.41) is 8.99. The van der Waals surface area contributed by atoms with Crippen molar-refractivity contribution >= 4 is 0 Å². The van der Waals surface area contributed by atoms with E-state index in [1.807, 2.05) is 6.08 Å². The van der Waals surface area contributed by atoms with Crippen LogP contribution >= 0.6 is 0 Å². The number of ether oxygens (including phenoxy) is 1. The summed E-state index contributed by atoms with van der Waals surface area (Å²) in [6, 6.07) is 0. The second-order valence-electron chi connectivity index (χ2n) is 2.68. The fraction of sp³-hybridized carbons (Fsp3) is 0.750. The highest BCUT2D eigenvalue weighted by molar-refractivity contribution is 5.05. The van der Waals surface area contributed by atoms with Crippen molar-refractivity contribution in [3.05, 3.63) is 11.6 Å². The van der Waals surface area contributed by atoms with Gasteiger partial charge in [0, 0.05) is 0 Å². The molecule has 0 radical (unpaired) electrons. The number of rotatable bonds is 1. The maximum atomic E-state index is 8.99. The van der Waals surface area contributed by atoms with Gasteiger partial charge in [-0.3, -0.25) is 0 Å². The average Bonchev–Trinajstić information content (AvgIpc) is 1.88. The van der Waals surface area contributed by atoms with E-state index in [0.29, 0.717) is 0 Å². The van der Waals surface area contributed by atoms with Crippen molar-refractivity contribution in [1.82, 2.24) is 0 Å². The molecule has 0 saturated carbocycles. The highest BCUT2D eigenvalue weighted by Crippen LogP contribution is 2.13. The third-order valence-corrected chi connectivity index (χ3v) is 1.61. The van der Waals surface area contributed by atoms with E-state index in [1.54, 1.807) is 6.92 Å². The van der Waals surface area contributed by atoms with Gasteiger partial charge in [0.2, 0.25) is 0 Å². The number of hydrogen-bond acceptors (Lipinski definition) is 2. The van der Waals surface area contributed by atoms with Crippen molar-refractivity contribution in [2.24, 2.45) is 0 Å². The molecule has 1 unspecified atom stereocenters. The highest BCUT2D eigenvalue weighted by atomic mass is 16.5. The van der Waals surface area contributed by atoms with Gasteiger partial charge in [-0.2, -0.15) is 0 Å². The Morgan fingerprint density at radius 1 is 1.50 bits per heavy atom. The SMILES string of the molecule is CC(O)C=C1CCOCC1. The molecule has 10 heavy (non-hydrogen) atoms. The predicted molar refractivity (Wildman–Crippen MR) is 39.8 cm³/mol. The molecule has 0 aliphatic carbocycles. The quantitative estimate of drug-likeness (QED) is 0.555. The lowest BCUT2D eigenvalue weighted by Gasteiger charge is -2.14. The molecule has 0 aromatic rings. The molecule has 0 aromatic carbocycles. The Kier molecular flexibility index (Phi) is 2.90. The second-order valence-corrected chi connectivity index (χ2v) is 2.68. The average molecular weight is 142 g/mol. The topological polar surface area (TPSA) is 29.5 Å². The summed E-state index contributed by atoms with van der Waals surface area (Å²) in [7, 11) is 0. The molecule has 0 spiro atoms. The molecule has 0 aromatic heterocycles. The molecule has 0 amide bonds. The largest absolute Gasteiger partial charge is 0.389 e. The maximum absolute atomic E-state index is 8.99. The van der Waals surface area contributed by atoms with Crippen molar-refractivity contribution < 1.29 is 9.84 Å². The minimum absolute atomic E-state index is 0.298.